The number of esters is 2. The number of rotatable bonds is 42. The first-order valence-corrected chi connectivity index (χ1v) is 23.8. The number of aliphatic carboxylic acids is 1. The number of allylic oxidation sites excluding steroid dienone is 10. The highest BCUT2D eigenvalue weighted by molar-refractivity contribution is 5.70. The molecule has 0 aromatic carbocycles. The first kappa shape index (κ1) is 56.0. The number of carbonyl (C=O) groups excluding carboxylic acids is 3. The number of ether oxygens (including phenoxy) is 3. The highest BCUT2D eigenvalue weighted by atomic mass is 16.6. The molecule has 0 heterocycles. The third-order valence-corrected chi connectivity index (χ3v) is 10.4. The van der Waals surface area contributed by atoms with Crippen LogP contribution in [0.25, 0.3) is 0 Å². The van der Waals surface area contributed by atoms with Crippen LogP contribution >= 0.6 is 0 Å². The van der Waals surface area contributed by atoms with E-state index in [0.717, 1.165) is 83.5 Å². The number of carboxylic acid groups (broad SMARTS) is 1. The summed E-state index contributed by atoms with van der Waals surface area (Å²) in [5.74, 6) is -1.75. The average Bonchev–Trinajstić information content (AvgIpc) is 3.19. The zero-order chi connectivity index (χ0) is 43.5. The molecule has 0 spiro atoms. The summed E-state index contributed by atoms with van der Waals surface area (Å²) in [6, 6.07) is -0.728. The van der Waals surface area contributed by atoms with E-state index in [1.165, 1.54) is 77.0 Å². The molecule has 0 fully saturated rings. The lowest BCUT2D eigenvalue weighted by Gasteiger charge is -2.34. The third kappa shape index (κ3) is 40.2. The van der Waals surface area contributed by atoms with Crippen LogP contribution in [0.1, 0.15) is 194 Å². The average molecular weight is 828 g/mol. The molecular weight excluding hydrogens is 739 g/mol. The fourth-order valence-corrected chi connectivity index (χ4v) is 6.74. The molecule has 0 saturated heterocycles. The molecule has 0 rings (SSSR count). The molecule has 0 aromatic rings. The number of carbonyl (C=O) groups is 3. The van der Waals surface area contributed by atoms with Crippen molar-refractivity contribution in [1.82, 2.24) is 0 Å². The van der Waals surface area contributed by atoms with Gasteiger partial charge in [-0.25, -0.2) is 0 Å². The van der Waals surface area contributed by atoms with Crippen LogP contribution in [0.2, 0.25) is 0 Å². The predicted octanol–water partition coefficient (Wildman–Crippen LogP) is 12.0. The van der Waals surface area contributed by atoms with E-state index in [1.807, 2.05) is 0 Å². The van der Waals surface area contributed by atoms with Gasteiger partial charge in [-0.3, -0.25) is 9.59 Å². The maximum absolute atomic E-state index is 12.7. The molecule has 0 aliphatic carbocycles. The molecule has 340 valence electrons. The number of hydrogen-bond acceptors (Lipinski definition) is 7. The molecule has 0 aliphatic rings. The maximum Gasteiger partial charge on any atom is 0.306 e. The van der Waals surface area contributed by atoms with Gasteiger partial charge in [-0.1, -0.05) is 177 Å². The molecule has 0 bridgehead atoms. The molecule has 8 nitrogen and oxygen atoms in total. The summed E-state index contributed by atoms with van der Waals surface area (Å²) in [5.41, 5.74) is 0. The van der Waals surface area contributed by atoms with Crippen LogP contribution in [0.15, 0.2) is 60.8 Å². The van der Waals surface area contributed by atoms with Gasteiger partial charge in [0.1, 0.15) is 12.6 Å². The fourth-order valence-electron chi connectivity index (χ4n) is 6.74. The van der Waals surface area contributed by atoms with Gasteiger partial charge in [0.2, 0.25) is 0 Å². The van der Waals surface area contributed by atoms with Crippen LogP contribution in [-0.4, -0.2) is 75.5 Å². The summed E-state index contributed by atoms with van der Waals surface area (Å²) in [6.07, 6.45) is 51.0. The van der Waals surface area contributed by atoms with E-state index >= 15 is 0 Å². The minimum Gasteiger partial charge on any atom is -0.544 e. The monoisotopic (exact) mass is 828 g/mol. The van der Waals surface area contributed by atoms with Gasteiger partial charge in [0.25, 0.3) is 0 Å². The van der Waals surface area contributed by atoms with E-state index in [4.69, 9.17) is 14.2 Å². The number of unbranched alkanes of at least 4 members (excludes halogenated alkanes) is 18. The van der Waals surface area contributed by atoms with Crippen LogP contribution < -0.4 is 5.11 Å². The Morgan fingerprint density at radius 3 is 1.41 bits per heavy atom. The highest BCUT2D eigenvalue weighted by Gasteiger charge is 2.25. The Balaban J connectivity index is 4.29. The quantitative estimate of drug-likeness (QED) is 0.0261. The normalized spacial score (nSPS) is 13.4. The van der Waals surface area contributed by atoms with E-state index in [0.29, 0.717) is 12.8 Å². The standard InChI is InChI=1S/C51H89NO7/c1-6-8-10-12-14-16-18-20-21-22-23-24-25-26-27-28-30-31-33-35-37-39-41-49(53)58-46-47(45-57-44-43-48(51(55)56)52(3,4)5)59-50(54)42-40-38-36-34-32-29-19-17-15-13-11-9-7-2/h8,10,14,16,20-21,23-24,26-27,47-48H,6-7,9,11-13,15,17-19,22,25,28-46H2,1-5H3/b10-8+,16-14+,21-20+,24-23+,27-26+. The molecule has 2 unspecified atom stereocenters. The number of nitrogens with zero attached hydrogens (tertiary/aromatic N) is 1. The molecule has 8 heteroatoms. The van der Waals surface area contributed by atoms with E-state index in [9.17, 15) is 19.5 Å². The van der Waals surface area contributed by atoms with Crippen molar-refractivity contribution >= 4 is 17.9 Å². The largest absolute Gasteiger partial charge is 0.544 e. The second-order valence-electron chi connectivity index (χ2n) is 17.0. The van der Waals surface area contributed by atoms with E-state index in [-0.39, 0.29) is 42.7 Å². The topological polar surface area (TPSA) is 102 Å². The van der Waals surface area contributed by atoms with Gasteiger partial charge < -0.3 is 28.6 Å². The summed E-state index contributed by atoms with van der Waals surface area (Å²) < 4.78 is 17.2. The van der Waals surface area contributed by atoms with Crippen molar-refractivity contribution in [3.05, 3.63) is 60.8 Å². The van der Waals surface area contributed by atoms with E-state index in [1.54, 1.807) is 21.1 Å². The maximum atomic E-state index is 12.7. The third-order valence-electron chi connectivity index (χ3n) is 10.4. The van der Waals surface area contributed by atoms with Gasteiger partial charge in [0.05, 0.1) is 40.3 Å². The molecule has 0 aliphatic heterocycles. The Kier molecular flexibility index (Phi) is 39.6. The molecular formula is C51H89NO7. The molecule has 0 saturated carbocycles. The van der Waals surface area contributed by atoms with E-state index in [2.05, 4.69) is 74.6 Å². The van der Waals surface area contributed by atoms with Crippen molar-refractivity contribution in [2.75, 3.05) is 41.0 Å². The SMILES string of the molecule is CC/C=C/C/C=C/C/C=C/C/C=C/C/C=C/CCCCCCCCC(=O)OCC(COCCC(C(=O)[O-])[N+](C)(C)C)OC(=O)CCCCCCCCCCCCCCC. The predicted molar refractivity (Wildman–Crippen MR) is 245 cm³/mol. The summed E-state index contributed by atoms with van der Waals surface area (Å²) >= 11 is 0. The number of likely N-dealkylation sites (N-methyl/N-ethyl adjacent to an activating group) is 1. The molecule has 2 atom stereocenters. The zero-order valence-electron chi connectivity index (χ0n) is 38.7. The van der Waals surface area contributed by atoms with Crippen molar-refractivity contribution in [1.29, 1.82) is 0 Å². The molecule has 0 N–H and O–H groups in total. The smallest absolute Gasteiger partial charge is 0.306 e. The van der Waals surface area contributed by atoms with Gasteiger partial charge in [-0.15, -0.1) is 0 Å². The second kappa shape index (κ2) is 41.8. The van der Waals surface area contributed by atoms with Gasteiger partial charge in [0.15, 0.2) is 6.10 Å². The Morgan fingerprint density at radius 1 is 0.525 bits per heavy atom. The summed E-state index contributed by atoms with van der Waals surface area (Å²) in [7, 11) is 5.40. The molecule has 0 radical (unpaired) electrons. The van der Waals surface area contributed by atoms with E-state index < -0.39 is 18.1 Å². The van der Waals surface area contributed by atoms with Crippen molar-refractivity contribution in [3.8, 4) is 0 Å². The molecule has 0 aromatic heterocycles. The van der Waals surface area contributed by atoms with Crippen molar-refractivity contribution in [2.45, 2.75) is 206 Å². The lowest BCUT2D eigenvalue weighted by atomic mass is 10.0. The highest BCUT2D eigenvalue weighted by Crippen LogP contribution is 2.15. The Hall–Kier alpha value is -2.97. The number of hydrogen-bond donors (Lipinski definition) is 0. The number of quaternary nitrogens is 1. The van der Waals surface area contributed by atoms with Crippen molar-refractivity contribution in [2.24, 2.45) is 0 Å². The van der Waals surface area contributed by atoms with Crippen molar-refractivity contribution in [3.63, 3.8) is 0 Å². The minimum absolute atomic E-state index is 0.0359. The lowest BCUT2D eigenvalue weighted by Crippen LogP contribution is -2.55. The fraction of sp³-hybridized carbons (Fsp3) is 0.745. The number of carboxylic acids is 1. The summed E-state index contributed by atoms with van der Waals surface area (Å²) in [6.45, 7) is 4.54. The van der Waals surface area contributed by atoms with Crippen LogP contribution in [0.5, 0.6) is 0 Å². The lowest BCUT2D eigenvalue weighted by molar-refractivity contribution is -0.889. The van der Waals surface area contributed by atoms with Gasteiger partial charge in [0, 0.05) is 19.3 Å². The first-order chi connectivity index (χ1) is 28.6. The Labute approximate surface area is 362 Å². The first-order valence-electron chi connectivity index (χ1n) is 23.8. The molecule has 59 heavy (non-hydrogen) atoms. The zero-order valence-corrected chi connectivity index (χ0v) is 38.7. The molecule has 0 amide bonds. The van der Waals surface area contributed by atoms with Crippen LogP contribution in [-0.2, 0) is 28.6 Å². The van der Waals surface area contributed by atoms with Gasteiger partial charge in [-0.05, 0) is 57.8 Å². The van der Waals surface area contributed by atoms with Crippen LogP contribution in [0, 0.1) is 0 Å². The van der Waals surface area contributed by atoms with Gasteiger partial charge in [-0.2, -0.15) is 0 Å². The Morgan fingerprint density at radius 2 is 0.949 bits per heavy atom. The minimum atomic E-state index is -1.13. The second-order valence-corrected chi connectivity index (χ2v) is 17.0. The van der Waals surface area contributed by atoms with Crippen LogP contribution in [0.3, 0.4) is 0 Å². The summed E-state index contributed by atoms with van der Waals surface area (Å²) in [4.78, 5) is 36.9. The summed E-state index contributed by atoms with van der Waals surface area (Å²) in [5, 5.41) is 11.6. The Bertz CT molecular complexity index is 1150. The van der Waals surface area contributed by atoms with Gasteiger partial charge >= 0.3 is 11.9 Å². The van der Waals surface area contributed by atoms with Crippen molar-refractivity contribution < 1.29 is 38.2 Å². The van der Waals surface area contributed by atoms with Crippen LogP contribution in [0.4, 0.5) is 0 Å².